The molecule has 0 aliphatic carbocycles. The number of hydrogen-bond acceptors (Lipinski definition) is 3. The van der Waals surface area contributed by atoms with E-state index in [2.05, 4.69) is 29.6 Å². The first-order valence-electron chi connectivity index (χ1n) is 10.6. The fraction of sp³-hybridized carbons (Fsp3) is 0.280. The average Bonchev–Trinajstić information content (AvgIpc) is 2.80. The molecular weight excluding hydrogens is 428 g/mol. The third-order valence-electron chi connectivity index (χ3n) is 5.87. The Morgan fingerprint density at radius 1 is 0.871 bits per heavy atom. The monoisotopic (exact) mass is 454 g/mol. The smallest absolute Gasteiger partial charge is 0.243 e. The zero-order valence-corrected chi connectivity index (χ0v) is 18.9. The topological polar surface area (TPSA) is 49.4 Å². The lowest BCUT2D eigenvalue weighted by Gasteiger charge is -2.31. The molecule has 31 heavy (non-hydrogen) atoms. The first-order valence-corrected chi connectivity index (χ1v) is 12.5. The zero-order chi connectivity index (χ0) is 21.7. The first kappa shape index (κ1) is 21.9. The fourth-order valence-corrected chi connectivity index (χ4v) is 5.71. The average molecular weight is 455 g/mol. The summed E-state index contributed by atoms with van der Waals surface area (Å²) in [5, 5.41) is 4.01. The van der Waals surface area contributed by atoms with Crippen molar-refractivity contribution in [1.82, 2.24) is 4.31 Å². The van der Waals surface area contributed by atoms with Gasteiger partial charge in [0.1, 0.15) is 0 Å². The summed E-state index contributed by atoms with van der Waals surface area (Å²) < 4.78 is 27.8. The summed E-state index contributed by atoms with van der Waals surface area (Å²) in [4.78, 5) is 0.345. The van der Waals surface area contributed by atoms with E-state index >= 15 is 0 Å². The van der Waals surface area contributed by atoms with Gasteiger partial charge in [0.15, 0.2) is 0 Å². The van der Waals surface area contributed by atoms with Gasteiger partial charge in [-0.05, 0) is 66.6 Å². The number of nitrogens with zero attached hydrogens (tertiary/aromatic N) is 1. The predicted octanol–water partition coefficient (Wildman–Crippen LogP) is 5.60. The normalized spacial score (nSPS) is 15.6. The Balaban J connectivity index is 1.34. The van der Waals surface area contributed by atoms with Crippen LogP contribution in [0, 0.1) is 5.92 Å². The molecule has 1 N–H and O–H groups in total. The molecule has 1 aliphatic rings. The van der Waals surface area contributed by atoms with Gasteiger partial charge in [-0.15, -0.1) is 0 Å². The number of benzene rings is 3. The van der Waals surface area contributed by atoms with Crippen LogP contribution in [-0.4, -0.2) is 25.8 Å². The van der Waals surface area contributed by atoms with E-state index in [1.807, 2.05) is 42.5 Å². The van der Waals surface area contributed by atoms with Crippen molar-refractivity contribution in [2.75, 3.05) is 18.4 Å². The number of nitrogens with one attached hydrogen (secondary N) is 1. The van der Waals surface area contributed by atoms with Crippen molar-refractivity contribution in [3.8, 4) is 0 Å². The number of sulfonamides is 1. The minimum Gasteiger partial charge on any atom is -0.381 e. The van der Waals surface area contributed by atoms with E-state index in [0.717, 1.165) is 30.5 Å². The van der Waals surface area contributed by atoms with Crippen molar-refractivity contribution in [2.45, 2.75) is 30.7 Å². The molecule has 0 aromatic heterocycles. The Hall–Kier alpha value is -2.34. The first-order chi connectivity index (χ1) is 15.0. The van der Waals surface area contributed by atoms with Crippen LogP contribution in [-0.2, 0) is 23.0 Å². The Labute approximate surface area is 189 Å². The molecule has 0 spiro atoms. The van der Waals surface area contributed by atoms with Crippen LogP contribution >= 0.6 is 11.6 Å². The summed E-state index contributed by atoms with van der Waals surface area (Å²) in [5.74, 6) is 0.533. The Kier molecular flexibility index (Phi) is 6.96. The lowest BCUT2D eigenvalue weighted by molar-refractivity contribution is 0.273. The third-order valence-corrected chi connectivity index (χ3v) is 8.16. The van der Waals surface area contributed by atoms with Crippen molar-refractivity contribution in [3.63, 3.8) is 0 Å². The van der Waals surface area contributed by atoms with Gasteiger partial charge in [-0.3, -0.25) is 0 Å². The Bertz CT molecular complexity index is 1090. The largest absolute Gasteiger partial charge is 0.381 e. The number of rotatable bonds is 7. The lowest BCUT2D eigenvalue weighted by Crippen LogP contribution is -2.38. The lowest BCUT2D eigenvalue weighted by atomic mass is 9.91. The maximum absolute atomic E-state index is 13.1. The van der Waals surface area contributed by atoms with Gasteiger partial charge in [-0.1, -0.05) is 60.1 Å². The molecule has 1 aliphatic heterocycles. The molecule has 0 saturated carbocycles. The van der Waals surface area contributed by atoms with Gasteiger partial charge in [0, 0.05) is 30.3 Å². The van der Waals surface area contributed by atoms with Crippen LogP contribution in [0.5, 0.6) is 0 Å². The van der Waals surface area contributed by atoms with Crippen LogP contribution in [0.2, 0.25) is 5.02 Å². The van der Waals surface area contributed by atoms with Crippen LogP contribution in [0.3, 0.4) is 0 Å². The Morgan fingerprint density at radius 3 is 2.19 bits per heavy atom. The summed E-state index contributed by atoms with van der Waals surface area (Å²) in [6.07, 6.45) is 2.80. The molecular formula is C25H27ClN2O2S. The molecule has 1 saturated heterocycles. The van der Waals surface area contributed by atoms with Crippen LogP contribution in [0.4, 0.5) is 5.69 Å². The van der Waals surface area contributed by atoms with Crippen molar-refractivity contribution in [2.24, 2.45) is 5.92 Å². The van der Waals surface area contributed by atoms with Crippen LogP contribution in [0.25, 0.3) is 0 Å². The molecule has 6 heteroatoms. The summed E-state index contributed by atoms with van der Waals surface area (Å²) in [5.41, 5.74) is 3.18. The second-order valence-corrected chi connectivity index (χ2v) is 10.4. The molecule has 3 aromatic carbocycles. The SMILES string of the molecule is O=S(=O)(c1ccc(NCc2ccccc2Cl)cc1)N1CCC(Cc2ccccc2)CC1. The van der Waals surface area contributed by atoms with Gasteiger partial charge in [-0.2, -0.15) is 4.31 Å². The standard InChI is InChI=1S/C25H27ClN2O2S/c26-25-9-5-4-8-22(25)19-27-23-10-12-24(13-11-23)31(29,30)28-16-14-21(15-17-28)18-20-6-2-1-3-7-20/h1-13,21,27H,14-19H2. The van der Waals surface area contributed by atoms with Gasteiger partial charge < -0.3 is 5.32 Å². The van der Waals surface area contributed by atoms with Gasteiger partial charge in [0.25, 0.3) is 0 Å². The number of halogens is 1. The summed E-state index contributed by atoms with van der Waals surface area (Å²) in [6.45, 7) is 1.74. The minimum absolute atomic E-state index is 0.345. The third kappa shape index (κ3) is 5.48. The van der Waals surface area contributed by atoms with E-state index in [1.165, 1.54) is 5.56 Å². The highest BCUT2D eigenvalue weighted by atomic mass is 35.5. The van der Waals surface area contributed by atoms with Gasteiger partial charge in [0.05, 0.1) is 4.90 Å². The molecule has 1 heterocycles. The van der Waals surface area contributed by atoms with Gasteiger partial charge in [0.2, 0.25) is 10.0 Å². The van der Waals surface area contributed by atoms with E-state index in [4.69, 9.17) is 11.6 Å². The fourth-order valence-electron chi connectivity index (χ4n) is 4.03. The number of hydrogen-bond donors (Lipinski definition) is 1. The van der Waals surface area contributed by atoms with E-state index in [-0.39, 0.29) is 0 Å². The molecule has 1 fully saturated rings. The summed E-state index contributed by atoms with van der Waals surface area (Å²) in [7, 11) is -3.46. The highest BCUT2D eigenvalue weighted by Crippen LogP contribution is 2.27. The molecule has 0 bridgehead atoms. The van der Waals surface area contributed by atoms with E-state index in [1.54, 1.807) is 16.4 Å². The molecule has 4 nitrogen and oxygen atoms in total. The van der Waals surface area contributed by atoms with E-state index < -0.39 is 10.0 Å². The van der Waals surface area contributed by atoms with Crippen LogP contribution in [0.1, 0.15) is 24.0 Å². The van der Waals surface area contributed by atoms with Crippen molar-refractivity contribution >= 4 is 27.3 Å². The van der Waals surface area contributed by atoms with Crippen LogP contribution < -0.4 is 5.32 Å². The maximum atomic E-state index is 13.1. The molecule has 0 atom stereocenters. The highest BCUT2D eigenvalue weighted by Gasteiger charge is 2.29. The van der Waals surface area contributed by atoms with Crippen molar-refractivity contribution in [3.05, 3.63) is 95.0 Å². The molecule has 0 radical (unpaired) electrons. The van der Waals surface area contributed by atoms with E-state index in [9.17, 15) is 8.42 Å². The van der Waals surface area contributed by atoms with Gasteiger partial charge >= 0.3 is 0 Å². The quantitative estimate of drug-likeness (QED) is 0.505. The molecule has 4 rings (SSSR count). The van der Waals surface area contributed by atoms with Crippen LogP contribution in [0.15, 0.2) is 83.8 Å². The summed E-state index contributed by atoms with van der Waals surface area (Å²) in [6, 6.07) is 25.1. The summed E-state index contributed by atoms with van der Waals surface area (Å²) >= 11 is 6.19. The van der Waals surface area contributed by atoms with E-state index in [0.29, 0.717) is 35.5 Å². The van der Waals surface area contributed by atoms with Crippen molar-refractivity contribution < 1.29 is 8.42 Å². The molecule has 0 unspecified atom stereocenters. The highest BCUT2D eigenvalue weighted by molar-refractivity contribution is 7.89. The van der Waals surface area contributed by atoms with Crippen molar-refractivity contribution in [1.29, 1.82) is 0 Å². The Morgan fingerprint density at radius 2 is 1.52 bits per heavy atom. The molecule has 3 aromatic rings. The zero-order valence-electron chi connectivity index (χ0n) is 17.4. The molecule has 0 amide bonds. The second kappa shape index (κ2) is 9.86. The number of piperidine rings is 1. The maximum Gasteiger partial charge on any atom is 0.243 e. The predicted molar refractivity (Wildman–Crippen MR) is 127 cm³/mol. The number of anilines is 1. The minimum atomic E-state index is -3.46. The molecule has 162 valence electrons. The van der Waals surface area contributed by atoms with Gasteiger partial charge in [-0.25, -0.2) is 8.42 Å². The second-order valence-electron chi connectivity index (χ2n) is 8.01.